The summed E-state index contributed by atoms with van der Waals surface area (Å²) >= 11 is 12.5. The Morgan fingerprint density at radius 1 is 0.933 bits per heavy atom. The number of nitrogens with zero attached hydrogens (tertiary/aromatic N) is 2. The molecule has 148 valence electrons. The van der Waals surface area contributed by atoms with Crippen molar-refractivity contribution in [1.82, 2.24) is 9.97 Å². The third-order valence-electron chi connectivity index (χ3n) is 5.31. The first kappa shape index (κ1) is 19.1. The summed E-state index contributed by atoms with van der Waals surface area (Å²) in [5.74, 6) is 0.767. The van der Waals surface area contributed by atoms with Gasteiger partial charge in [-0.05, 0) is 31.2 Å². The molecule has 1 aliphatic heterocycles. The number of halogens is 2. The van der Waals surface area contributed by atoms with E-state index in [0.717, 1.165) is 33.8 Å². The molecule has 0 bridgehead atoms. The second kappa shape index (κ2) is 7.12. The van der Waals surface area contributed by atoms with Crippen LogP contribution >= 0.6 is 23.2 Å². The smallest absolute Gasteiger partial charge is 0.182 e. The lowest BCUT2D eigenvalue weighted by molar-refractivity contribution is 0.103. The molecule has 0 N–H and O–H groups in total. The Bertz CT molecular complexity index is 1300. The van der Waals surface area contributed by atoms with E-state index in [1.165, 1.54) is 0 Å². The molecule has 0 radical (unpaired) electrons. The topological polar surface area (TPSA) is 35.0 Å². The predicted octanol–water partition coefficient (Wildman–Crippen LogP) is 7.21. The first-order chi connectivity index (χ1) is 14.5. The van der Waals surface area contributed by atoms with Crippen molar-refractivity contribution in [3.63, 3.8) is 0 Å². The maximum Gasteiger partial charge on any atom is 0.182 e. The van der Waals surface area contributed by atoms with Crippen LogP contribution in [0.5, 0.6) is 5.75 Å². The zero-order valence-electron chi connectivity index (χ0n) is 16.3. The third kappa shape index (κ3) is 2.97. The van der Waals surface area contributed by atoms with Gasteiger partial charge in [-0.3, -0.25) is 0 Å². The Morgan fingerprint density at radius 2 is 1.57 bits per heavy atom. The van der Waals surface area contributed by atoms with E-state index in [1.54, 1.807) is 12.1 Å². The number of aromatic nitrogens is 2. The summed E-state index contributed by atoms with van der Waals surface area (Å²) in [4.78, 5) is 10.00. The molecule has 0 fully saturated rings. The van der Waals surface area contributed by atoms with Crippen molar-refractivity contribution in [3.8, 4) is 17.0 Å². The fourth-order valence-electron chi connectivity index (χ4n) is 4.06. The maximum atomic E-state index is 6.72. The van der Waals surface area contributed by atoms with E-state index in [4.69, 9.17) is 37.9 Å². The van der Waals surface area contributed by atoms with Gasteiger partial charge in [-0.2, -0.15) is 0 Å². The van der Waals surface area contributed by atoms with Gasteiger partial charge >= 0.3 is 0 Å². The van der Waals surface area contributed by atoms with Crippen LogP contribution in [0.2, 0.25) is 10.0 Å². The zero-order valence-corrected chi connectivity index (χ0v) is 17.8. The monoisotopic (exact) mass is 432 g/mol. The van der Waals surface area contributed by atoms with Crippen LogP contribution in [0.3, 0.4) is 0 Å². The van der Waals surface area contributed by atoms with Gasteiger partial charge in [0.25, 0.3) is 0 Å². The summed E-state index contributed by atoms with van der Waals surface area (Å²) in [6.07, 6.45) is 0.569. The van der Waals surface area contributed by atoms with Gasteiger partial charge < -0.3 is 4.74 Å². The molecule has 1 aliphatic rings. The molecule has 0 amide bonds. The van der Waals surface area contributed by atoms with E-state index in [0.29, 0.717) is 27.5 Å². The van der Waals surface area contributed by atoms with Gasteiger partial charge in [-0.15, -0.1) is 0 Å². The highest BCUT2D eigenvalue weighted by atomic mass is 35.5. The Hall–Kier alpha value is -2.88. The van der Waals surface area contributed by atoms with Crippen LogP contribution in [-0.2, 0) is 5.60 Å². The van der Waals surface area contributed by atoms with Gasteiger partial charge in [0, 0.05) is 17.5 Å². The van der Waals surface area contributed by atoms with E-state index < -0.39 is 5.60 Å². The van der Waals surface area contributed by atoms with Crippen LogP contribution < -0.4 is 4.74 Å². The molecule has 4 aromatic rings. The third-order valence-corrected chi connectivity index (χ3v) is 6.03. The molecule has 1 unspecified atom stereocenters. The lowest BCUT2D eigenvalue weighted by atomic mass is 9.80. The largest absolute Gasteiger partial charge is 0.475 e. The molecule has 1 atom stereocenters. The average Bonchev–Trinajstić information content (AvgIpc) is 2.74. The highest BCUT2D eigenvalue weighted by Gasteiger charge is 2.45. The van der Waals surface area contributed by atoms with Gasteiger partial charge in [0.2, 0.25) is 0 Å². The Morgan fingerprint density at radius 3 is 2.27 bits per heavy atom. The van der Waals surface area contributed by atoms with Crippen LogP contribution in [0.4, 0.5) is 0 Å². The minimum atomic E-state index is -0.843. The number of ether oxygens (including phenoxy) is 1. The van der Waals surface area contributed by atoms with Crippen LogP contribution in [0, 0.1) is 0 Å². The SMILES string of the molecule is C=C(C)CC1(c2ccccc2)Oc2ccccc2-c2nc3cc(Cl)c(Cl)cc3nc21. The lowest BCUT2D eigenvalue weighted by Crippen LogP contribution is -2.39. The predicted molar refractivity (Wildman–Crippen MR) is 122 cm³/mol. The molecule has 0 saturated heterocycles. The first-order valence-electron chi connectivity index (χ1n) is 9.63. The minimum Gasteiger partial charge on any atom is -0.475 e. The first-order valence-corrected chi connectivity index (χ1v) is 10.4. The number of para-hydroxylation sites is 1. The molecule has 3 nitrogen and oxygen atoms in total. The quantitative estimate of drug-likeness (QED) is 0.320. The summed E-state index contributed by atoms with van der Waals surface area (Å²) in [5.41, 5.74) is 4.95. The van der Waals surface area contributed by atoms with Crippen molar-refractivity contribution in [2.24, 2.45) is 0 Å². The van der Waals surface area contributed by atoms with Crippen molar-refractivity contribution in [2.75, 3.05) is 0 Å². The average molecular weight is 433 g/mol. The van der Waals surface area contributed by atoms with Crippen LogP contribution in [0.25, 0.3) is 22.3 Å². The van der Waals surface area contributed by atoms with Crippen LogP contribution in [0.15, 0.2) is 78.9 Å². The normalized spacial score (nSPS) is 17.2. The zero-order chi connectivity index (χ0) is 20.9. The fourth-order valence-corrected chi connectivity index (χ4v) is 4.37. The standard InChI is InChI=1S/C25H18Cl2N2O/c1-15(2)14-25(16-8-4-3-5-9-16)24-23(17-10-6-7-11-22(17)30-25)28-20-12-18(26)19(27)13-21(20)29-24/h3-13H,1,14H2,2H3. The fraction of sp³-hybridized carbons (Fsp3) is 0.120. The Labute approximate surface area is 185 Å². The molecule has 5 rings (SSSR count). The summed E-state index contributed by atoms with van der Waals surface area (Å²) in [6.45, 7) is 6.17. The molecular weight excluding hydrogens is 415 g/mol. The van der Waals surface area contributed by atoms with Crippen molar-refractivity contribution in [3.05, 3.63) is 100 Å². The Balaban J connectivity index is 1.90. The Kier molecular flexibility index (Phi) is 4.53. The highest BCUT2D eigenvalue weighted by Crippen LogP contribution is 2.49. The van der Waals surface area contributed by atoms with Crippen LogP contribution in [0.1, 0.15) is 24.6 Å². The molecule has 5 heteroatoms. The summed E-state index contributed by atoms with van der Waals surface area (Å²) in [7, 11) is 0. The molecule has 2 heterocycles. The van der Waals surface area contributed by atoms with Crippen molar-refractivity contribution >= 4 is 34.2 Å². The molecule has 30 heavy (non-hydrogen) atoms. The van der Waals surface area contributed by atoms with Crippen LogP contribution in [-0.4, -0.2) is 9.97 Å². The van der Waals surface area contributed by atoms with Crippen molar-refractivity contribution in [2.45, 2.75) is 18.9 Å². The van der Waals surface area contributed by atoms with Gasteiger partial charge in [-0.1, -0.05) is 77.8 Å². The number of hydrogen-bond acceptors (Lipinski definition) is 3. The van der Waals surface area contributed by atoms with E-state index in [1.807, 2.05) is 49.4 Å². The van der Waals surface area contributed by atoms with Gasteiger partial charge in [0.15, 0.2) is 5.60 Å². The number of rotatable bonds is 3. The van der Waals surface area contributed by atoms with E-state index in [2.05, 4.69) is 18.7 Å². The number of hydrogen-bond donors (Lipinski definition) is 0. The molecule has 0 spiro atoms. The number of benzene rings is 3. The summed E-state index contributed by atoms with van der Waals surface area (Å²) < 4.78 is 6.72. The second-order valence-electron chi connectivity index (χ2n) is 7.60. The maximum absolute atomic E-state index is 6.72. The lowest BCUT2D eigenvalue weighted by Gasteiger charge is -2.39. The van der Waals surface area contributed by atoms with E-state index in [-0.39, 0.29) is 0 Å². The highest BCUT2D eigenvalue weighted by molar-refractivity contribution is 6.42. The van der Waals surface area contributed by atoms with Crippen molar-refractivity contribution in [1.29, 1.82) is 0 Å². The van der Waals surface area contributed by atoms with Gasteiger partial charge in [-0.25, -0.2) is 9.97 Å². The molecule has 0 aliphatic carbocycles. The molecular formula is C25H18Cl2N2O. The van der Waals surface area contributed by atoms with Gasteiger partial charge in [0.05, 0.1) is 21.1 Å². The molecule has 1 aromatic heterocycles. The number of fused-ring (bicyclic) bond motifs is 4. The van der Waals surface area contributed by atoms with E-state index in [9.17, 15) is 0 Å². The minimum absolute atomic E-state index is 0.445. The second-order valence-corrected chi connectivity index (χ2v) is 8.42. The van der Waals surface area contributed by atoms with Gasteiger partial charge in [0.1, 0.15) is 17.1 Å². The molecule has 3 aromatic carbocycles. The summed E-state index contributed by atoms with van der Waals surface area (Å²) in [6, 6.07) is 21.5. The van der Waals surface area contributed by atoms with E-state index >= 15 is 0 Å². The molecule has 0 saturated carbocycles. The summed E-state index contributed by atoms with van der Waals surface area (Å²) in [5, 5.41) is 0.899. The van der Waals surface area contributed by atoms with Crippen molar-refractivity contribution < 1.29 is 4.74 Å².